The summed E-state index contributed by atoms with van der Waals surface area (Å²) < 4.78 is 26.7. The first kappa shape index (κ1) is 18.1. The maximum absolute atomic E-state index is 12.6. The van der Waals surface area contributed by atoms with Gasteiger partial charge in [-0.2, -0.15) is 0 Å². The standard InChI is InChI=1S/C16H28N2O2S/c1-7-17-13(2)14-9-8-10-15(11-14)21(19,20)18(6)12-16(3,4)5/h8-11,13,17H,7,12H2,1-6H3. The van der Waals surface area contributed by atoms with Crippen LogP contribution in [0.1, 0.15) is 46.2 Å². The van der Waals surface area contributed by atoms with Crippen molar-refractivity contribution in [1.29, 1.82) is 0 Å². The lowest BCUT2D eigenvalue weighted by Gasteiger charge is -2.26. The molecule has 4 nitrogen and oxygen atoms in total. The second kappa shape index (κ2) is 6.90. The molecule has 0 spiro atoms. The molecule has 0 saturated carbocycles. The number of hydrogen-bond acceptors (Lipinski definition) is 3. The fourth-order valence-electron chi connectivity index (χ4n) is 2.30. The van der Waals surface area contributed by atoms with E-state index < -0.39 is 10.0 Å². The van der Waals surface area contributed by atoms with Gasteiger partial charge in [0.1, 0.15) is 0 Å². The number of hydrogen-bond donors (Lipinski definition) is 1. The Morgan fingerprint density at radius 2 is 1.90 bits per heavy atom. The van der Waals surface area contributed by atoms with E-state index in [2.05, 4.69) is 5.32 Å². The lowest BCUT2D eigenvalue weighted by Crippen LogP contribution is -2.34. The molecule has 0 radical (unpaired) electrons. The van der Waals surface area contributed by atoms with E-state index in [0.717, 1.165) is 12.1 Å². The van der Waals surface area contributed by atoms with Crippen LogP contribution in [0, 0.1) is 5.41 Å². The van der Waals surface area contributed by atoms with Crippen LogP contribution in [0.5, 0.6) is 0 Å². The van der Waals surface area contributed by atoms with Gasteiger partial charge in [-0.25, -0.2) is 12.7 Å². The molecule has 0 aliphatic carbocycles. The molecular weight excluding hydrogens is 284 g/mol. The Balaban J connectivity index is 3.06. The van der Waals surface area contributed by atoms with Crippen LogP contribution in [-0.4, -0.2) is 32.9 Å². The van der Waals surface area contributed by atoms with Crippen molar-refractivity contribution in [2.75, 3.05) is 20.1 Å². The van der Waals surface area contributed by atoms with E-state index in [9.17, 15) is 8.42 Å². The third-order valence-electron chi connectivity index (χ3n) is 3.27. The van der Waals surface area contributed by atoms with E-state index >= 15 is 0 Å². The Kier molecular flexibility index (Phi) is 5.96. The highest BCUT2D eigenvalue weighted by Gasteiger charge is 2.25. The molecule has 1 aromatic carbocycles. The van der Waals surface area contributed by atoms with Gasteiger partial charge in [0.2, 0.25) is 10.0 Å². The molecule has 0 fully saturated rings. The van der Waals surface area contributed by atoms with Crippen LogP contribution in [0.25, 0.3) is 0 Å². The predicted octanol–water partition coefficient (Wildman–Crippen LogP) is 3.02. The zero-order valence-corrected chi connectivity index (χ0v) is 14.8. The highest BCUT2D eigenvalue weighted by Crippen LogP contribution is 2.23. The minimum atomic E-state index is -3.44. The number of nitrogens with one attached hydrogen (secondary N) is 1. The Labute approximate surface area is 129 Å². The average Bonchev–Trinajstić information content (AvgIpc) is 2.37. The number of sulfonamides is 1. The first-order valence-electron chi connectivity index (χ1n) is 7.37. The molecule has 0 aliphatic rings. The molecule has 0 heterocycles. The molecule has 120 valence electrons. The molecule has 1 unspecified atom stereocenters. The van der Waals surface area contributed by atoms with Gasteiger partial charge in [-0.15, -0.1) is 0 Å². The summed E-state index contributed by atoms with van der Waals surface area (Å²) in [5.74, 6) is 0. The number of benzene rings is 1. The van der Waals surface area contributed by atoms with Crippen LogP contribution >= 0.6 is 0 Å². The molecular formula is C16H28N2O2S. The Morgan fingerprint density at radius 1 is 1.29 bits per heavy atom. The first-order chi connectivity index (χ1) is 9.58. The quantitative estimate of drug-likeness (QED) is 0.878. The second-order valence-corrected chi connectivity index (χ2v) is 8.72. The van der Waals surface area contributed by atoms with Crippen molar-refractivity contribution in [2.24, 2.45) is 5.41 Å². The van der Waals surface area contributed by atoms with Crippen LogP contribution in [0.4, 0.5) is 0 Å². The van der Waals surface area contributed by atoms with Crippen LogP contribution in [0.15, 0.2) is 29.2 Å². The first-order valence-corrected chi connectivity index (χ1v) is 8.81. The van der Waals surface area contributed by atoms with Gasteiger partial charge in [0, 0.05) is 19.6 Å². The van der Waals surface area contributed by atoms with Gasteiger partial charge in [0.05, 0.1) is 4.90 Å². The summed E-state index contributed by atoms with van der Waals surface area (Å²) in [7, 11) is -1.80. The lowest BCUT2D eigenvalue weighted by molar-refractivity contribution is 0.311. The maximum atomic E-state index is 12.6. The van der Waals surface area contributed by atoms with Crippen molar-refractivity contribution in [3.05, 3.63) is 29.8 Å². The summed E-state index contributed by atoms with van der Waals surface area (Å²) in [4.78, 5) is 0.358. The van der Waals surface area contributed by atoms with Crippen molar-refractivity contribution in [3.8, 4) is 0 Å². The molecule has 0 aromatic heterocycles. The minimum absolute atomic E-state index is 0.0729. The fraction of sp³-hybridized carbons (Fsp3) is 0.625. The summed E-state index contributed by atoms with van der Waals surface area (Å²) in [6, 6.07) is 7.33. The molecule has 0 saturated heterocycles. The van der Waals surface area contributed by atoms with E-state index in [1.165, 1.54) is 4.31 Å². The zero-order valence-electron chi connectivity index (χ0n) is 14.0. The van der Waals surface area contributed by atoms with Crippen LogP contribution < -0.4 is 5.32 Å². The van der Waals surface area contributed by atoms with Crippen LogP contribution in [-0.2, 0) is 10.0 Å². The summed E-state index contributed by atoms with van der Waals surface area (Å²) in [5, 5.41) is 3.30. The highest BCUT2D eigenvalue weighted by atomic mass is 32.2. The number of rotatable bonds is 6. The smallest absolute Gasteiger partial charge is 0.242 e. The van der Waals surface area contributed by atoms with Crippen molar-refractivity contribution >= 4 is 10.0 Å². The summed E-state index contributed by atoms with van der Waals surface area (Å²) >= 11 is 0. The van der Waals surface area contributed by atoms with Gasteiger partial charge in [-0.3, -0.25) is 0 Å². The van der Waals surface area contributed by atoms with Crippen LogP contribution in [0.2, 0.25) is 0 Å². The van der Waals surface area contributed by atoms with Crippen molar-refractivity contribution < 1.29 is 8.42 Å². The van der Waals surface area contributed by atoms with Crippen molar-refractivity contribution in [3.63, 3.8) is 0 Å². The van der Waals surface area contributed by atoms with Gasteiger partial charge in [-0.05, 0) is 36.6 Å². The fourth-order valence-corrected chi connectivity index (χ4v) is 3.75. The normalized spacial score (nSPS) is 14.4. The predicted molar refractivity (Wildman–Crippen MR) is 87.8 cm³/mol. The Morgan fingerprint density at radius 3 is 2.43 bits per heavy atom. The van der Waals surface area contributed by atoms with E-state index in [-0.39, 0.29) is 11.5 Å². The second-order valence-electron chi connectivity index (χ2n) is 6.67. The topological polar surface area (TPSA) is 49.4 Å². The summed E-state index contributed by atoms with van der Waals surface area (Å²) in [6.07, 6.45) is 0. The Hall–Kier alpha value is -0.910. The van der Waals surface area contributed by atoms with Crippen LogP contribution in [0.3, 0.4) is 0 Å². The van der Waals surface area contributed by atoms with Gasteiger partial charge in [0.25, 0.3) is 0 Å². The third kappa shape index (κ3) is 5.09. The van der Waals surface area contributed by atoms with Crippen molar-refractivity contribution in [1.82, 2.24) is 9.62 Å². The molecule has 0 bridgehead atoms. The molecule has 1 N–H and O–H groups in total. The summed E-state index contributed by atoms with van der Waals surface area (Å²) in [5.41, 5.74) is 0.915. The molecule has 1 aromatic rings. The number of nitrogens with zero attached hydrogens (tertiary/aromatic N) is 1. The highest BCUT2D eigenvalue weighted by molar-refractivity contribution is 7.89. The molecule has 5 heteroatoms. The molecule has 1 atom stereocenters. The average molecular weight is 312 g/mol. The molecule has 1 rings (SSSR count). The lowest BCUT2D eigenvalue weighted by atomic mass is 9.97. The van der Waals surface area contributed by atoms with E-state index in [0.29, 0.717) is 11.4 Å². The summed E-state index contributed by atoms with van der Waals surface area (Å²) in [6.45, 7) is 11.5. The molecule has 21 heavy (non-hydrogen) atoms. The van der Waals surface area contributed by atoms with Gasteiger partial charge in [-0.1, -0.05) is 39.8 Å². The van der Waals surface area contributed by atoms with E-state index in [4.69, 9.17) is 0 Å². The third-order valence-corrected chi connectivity index (χ3v) is 5.07. The Bertz CT molecular complexity index is 562. The molecule has 0 amide bonds. The van der Waals surface area contributed by atoms with Crippen molar-refractivity contribution in [2.45, 2.75) is 45.6 Å². The van der Waals surface area contributed by atoms with Gasteiger partial charge in [0.15, 0.2) is 0 Å². The zero-order chi connectivity index (χ0) is 16.3. The monoisotopic (exact) mass is 312 g/mol. The molecule has 0 aliphatic heterocycles. The van der Waals surface area contributed by atoms with Gasteiger partial charge >= 0.3 is 0 Å². The minimum Gasteiger partial charge on any atom is -0.310 e. The van der Waals surface area contributed by atoms with E-state index in [1.54, 1.807) is 25.2 Å². The largest absolute Gasteiger partial charge is 0.310 e. The van der Waals surface area contributed by atoms with E-state index in [1.807, 2.05) is 40.7 Å². The SMILES string of the molecule is CCNC(C)c1cccc(S(=O)(=O)N(C)CC(C)(C)C)c1. The maximum Gasteiger partial charge on any atom is 0.242 e. The van der Waals surface area contributed by atoms with Gasteiger partial charge < -0.3 is 5.32 Å².